The summed E-state index contributed by atoms with van der Waals surface area (Å²) in [4.78, 5) is 24.1. The van der Waals surface area contributed by atoms with Crippen molar-refractivity contribution in [2.24, 2.45) is 4.99 Å². The van der Waals surface area contributed by atoms with E-state index in [0.29, 0.717) is 0 Å². The van der Waals surface area contributed by atoms with Crippen LogP contribution in [0.1, 0.15) is 12.5 Å². The summed E-state index contributed by atoms with van der Waals surface area (Å²) in [5.74, 6) is -1.33. The first-order valence-electron chi connectivity index (χ1n) is 4.59. The second-order valence-corrected chi connectivity index (χ2v) is 3.27. The molecular formula is C11H11NO4. The minimum atomic E-state index is -1.88. The number of rotatable bonds is 5. The van der Waals surface area contributed by atoms with Gasteiger partial charge in [0.25, 0.3) is 5.72 Å². The molecule has 1 rings (SSSR count). The predicted molar refractivity (Wildman–Crippen MR) is 55.4 cm³/mol. The van der Waals surface area contributed by atoms with Crippen LogP contribution in [0.15, 0.2) is 35.3 Å². The van der Waals surface area contributed by atoms with E-state index in [0.717, 1.165) is 5.56 Å². The maximum absolute atomic E-state index is 10.8. The fraction of sp³-hybridized carbons (Fsp3) is 0.273. The van der Waals surface area contributed by atoms with Crippen LogP contribution in [0.4, 0.5) is 0 Å². The fourth-order valence-corrected chi connectivity index (χ4v) is 1.03. The molecule has 0 spiro atoms. The van der Waals surface area contributed by atoms with Crippen LogP contribution in [0.3, 0.4) is 0 Å². The van der Waals surface area contributed by atoms with Gasteiger partial charge in [0.1, 0.15) is 0 Å². The van der Waals surface area contributed by atoms with Crippen molar-refractivity contribution in [2.45, 2.75) is 19.3 Å². The smallest absolute Gasteiger partial charge is 0.359 e. The van der Waals surface area contributed by atoms with Gasteiger partial charge in [0.15, 0.2) is 0 Å². The fourth-order valence-electron chi connectivity index (χ4n) is 1.03. The summed E-state index contributed by atoms with van der Waals surface area (Å²) in [6, 6.07) is 9.02. The Morgan fingerprint density at radius 2 is 2.12 bits per heavy atom. The molecule has 84 valence electrons. The third-order valence-electron chi connectivity index (χ3n) is 2.02. The molecule has 0 aliphatic carbocycles. The highest BCUT2D eigenvalue weighted by molar-refractivity contribution is 5.77. The van der Waals surface area contributed by atoms with Crippen LogP contribution in [0.25, 0.3) is 0 Å². The minimum absolute atomic E-state index is 0.0643. The Hall–Kier alpha value is -1.97. The Morgan fingerprint density at radius 1 is 1.50 bits per heavy atom. The molecule has 0 fully saturated rings. The van der Waals surface area contributed by atoms with Crippen molar-refractivity contribution in [1.82, 2.24) is 0 Å². The Morgan fingerprint density at radius 3 is 2.62 bits per heavy atom. The first kappa shape index (κ1) is 12.1. The molecule has 1 aromatic rings. The summed E-state index contributed by atoms with van der Waals surface area (Å²) in [6.45, 7) is 1.26. The van der Waals surface area contributed by atoms with E-state index in [1.807, 2.05) is 6.07 Å². The molecule has 5 heteroatoms. The number of hydrogen-bond donors (Lipinski definition) is 1. The number of ether oxygens (including phenoxy) is 1. The lowest BCUT2D eigenvalue weighted by molar-refractivity contribution is -0.164. The highest BCUT2D eigenvalue weighted by Gasteiger charge is 2.34. The molecule has 0 amide bonds. The molecule has 0 saturated heterocycles. The Labute approximate surface area is 92.4 Å². The van der Waals surface area contributed by atoms with E-state index in [9.17, 15) is 9.59 Å². The largest absolute Gasteiger partial charge is 0.478 e. The molecule has 1 aromatic carbocycles. The summed E-state index contributed by atoms with van der Waals surface area (Å²) in [5.41, 5.74) is -1.08. The van der Waals surface area contributed by atoms with Crippen molar-refractivity contribution in [3.8, 4) is 0 Å². The van der Waals surface area contributed by atoms with Gasteiger partial charge in [-0.15, -0.1) is 0 Å². The third-order valence-corrected chi connectivity index (χ3v) is 2.02. The molecule has 0 radical (unpaired) electrons. The van der Waals surface area contributed by atoms with Crippen LogP contribution in [-0.4, -0.2) is 22.9 Å². The van der Waals surface area contributed by atoms with Gasteiger partial charge in [-0.1, -0.05) is 30.3 Å². The third kappa shape index (κ3) is 3.02. The number of hydrogen-bond acceptors (Lipinski definition) is 4. The van der Waals surface area contributed by atoms with E-state index in [4.69, 9.17) is 9.84 Å². The lowest BCUT2D eigenvalue weighted by atomic mass is 10.2. The predicted octanol–water partition coefficient (Wildman–Crippen LogP) is 1.34. The first-order chi connectivity index (χ1) is 7.58. The molecule has 0 aliphatic heterocycles. The number of nitrogens with zero attached hydrogens (tertiary/aromatic N) is 1. The highest BCUT2D eigenvalue weighted by Crippen LogP contribution is 2.15. The monoisotopic (exact) mass is 221 g/mol. The van der Waals surface area contributed by atoms with Crippen LogP contribution in [0, 0.1) is 0 Å². The van der Waals surface area contributed by atoms with Crippen LogP contribution in [-0.2, 0) is 20.9 Å². The van der Waals surface area contributed by atoms with Crippen molar-refractivity contribution in [3.63, 3.8) is 0 Å². The summed E-state index contributed by atoms with van der Waals surface area (Å²) in [7, 11) is 0. The zero-order valence-corrected chi connectivity index (χ0v) is 8.71. The zero-order chi connectivity index (χ0) is 12.0. The van der Waals surface area contributed by atoms with Gasteiger partial charge in [0.2, 0.25) is 6.08 Å². The van der Waals surface area contributed by atoms with Crippen molar-refractivity contribution in [1.29, 1.82) is 0 Å². The van der Waals surface area contributed by atoms with E-state index in [1.54, 1.807) is 24.3 Å². The molecule has 0 bridgehead atoms. The summed E-state index contributed by atoms with van der Waals surface area (Å²) in [6.07, 6.45) is 1.20. The molecule has 1 N–H and O–H groups in total. The number of carbonyl (C=O) groups is 1. The van der Waals surface area contributed by atoms with E-state index < -0.39 is 11.7 Å². The molecule has 16 heavy (non-hydrogen) atoms. The van der Waals surface area contributed by atoms with Gasteiger partial charge in [-0.25, -0.2) is 9.59 Å². The zero-order valence-electron chi connectivity index (χ0n) is 8.71. The number of carboxylic acid groups (broad SMARTS) is 1. The topological polar surface area (TPSA) is 76.0 Å². The average molecular weight is 221 g/mol. The van der Waals surface area contributed by atoms with E-state index >= 15 is 0 Å². The average Bonchev–Trinajstić information content (AvgIpc) is 2.28. The normalized spacial score (nSPS) is 13.6. The first-order valence-corrected chi connectivity index (χ1v) is 4.59. The number of aliphatic imine (C=N–C) groups is 1. The number of benzene rings is 1. The van der Waals surface area contributed by atoms with E-state index in [-0.39, 0.29) is 6.61 Å². The molecule has 0 heterocycles. The Bertz CT molecular complexity index is 407. The van der Waals surface area contributed by atoms with Crippen molar-refractivity contribution >= 4 is 12.0 Å². The number of carbonyl (C=O) groups excluding carboxylic acids is 1. The lowest BCUT2D eigenvalue weighted by Crippen LogP contribution is -2.36. The van der Waals surface area contributed by atoms with Gasteiger partial charge < -0.3 is 9.84 Å². The standard InChI is InChI=1S/C11H11NO4/c1-11(10(14)15,12-8-13)16-7-9-5-3-2-4-6-9/h2-6H,7H2,1H3,(H,14,15). The summed E-state index contributed by atoms with van der Waals surface area (Å²) in [5, 5.41) is 8.84. The maximum atomic E-state index is 10.8. The summed E-state index contributed by atoms with van der Waals surface area (Å²) < 4.78 is 5.09. The molecular weight excluding hydrogens is 210 g/mol. The molecule has 0 saturated carbocycles. The minimum Gasteiger partial charge on any atom is -0.478 e. The van der Waals surface area contributed by atoms with Crippen LogP contribution < -0.4 is 0 Å². The molecule has 5 nitrogen and oxygen atoms in total. The van der Waals surface area contributed by atoms with Crippen LogP contribution >= 0.6 is 0 Å². The van der Waals surface area contributed by atoms with Gasteiger partial charge in [0.05, 0.1) is 6.61 Å². The second-order valence-electron chi connectivity index (χ2n) is 3.27. The second kappa shape index (κ2) is 5.21. The number of carboxylic acids is 1. The Balaban J connectivity index is 2.72. The van der Waals surface area contributed by atoms with Gasteiger partial charge in [-0.05, 0) is 12.5 Å². The van der Waals surface area contributed by atoms with Gasteiger partial charge in [0, 0.05) is 0 Å². The van der Waals surface area contributed by atoms with E-state index in [1.165, 1.54) is 13.0 Å². The van der Waals surface area contributed by atoms with Gasteiger partial charge >= 0.3 is 5.97 Å². The summed E-state index contributed by atoms with van der Waals surface area (Å²) >= 11 is 0. The van der Waals surface area contributed by atoms with Crippen LogP contribution in [0.5, 0.6) is 0 Å². The van der Waals surface area contributed by atoms with Gasteiger partial charge in [-0.2, -0.15) is 4.99 Å². The maximum Gasteiger partial charge on any atom is 0.359 e. The van der Waals surface area contributed by atoms with Crippen molar-refractivity contribution in [2.75, 3.05) is 0 Å². The molecule has 0 aromatic heterocycles. The number of isocyanates is 1. The number of aliphatic carboxylic acids is 1. The van der Waals surface area contributed by atoms with Crippen LogP contribution in [0.2, 0.25) is 0 Å². The SMILES string of the molecule is CC(N=C=O)(OCc1ccccc1)C(=O)O. The van der Waals surface area contributed by atoms with E-state index in [2.05, 4.69) is 4.99 Å². The van der Waals surface area contributed by atoms with Crippen molar-refractivity contribution in [3.05, 3.63) is 35.9 Å². The van der Waals surface area contributed by atoms with Gasteiger partial charge in [-0.3, -0.25) is 0 Å². The molecule has 0 aliphatic rings. The molecule has 1 atom stereocenters. The quantitative estimate of drug-likeness (QED) is 0.601. The Kier molecular flexibility index (Phi) is 3.94. The molecule has 1 unspecified atom stereocenters. The highest BCUT2D eigenvalue weighted by atomic mass is 16.5. The van der Waals surface area contributed by atoms with Crippen molar-refractivity contribution < 1.29 is 19.4 Å². The lowest BCUT2D eigenvalue weighted by Gasteiger charge is -2.18.